The van der Waals surface area contributed by atoms with Gasteiger partial charge in [0.15, 0.2) is 0 Å². The summed E-state index contributed by atoms with van der Waals surface area (Å²) in [5.41, 5.74) is 1.24. The molecule has 0 aliphatic carbocycles. The molecule has 0 fully saturated rings. The number of ether oxygens (including phenoxy) is 1. The van der Waals surface area contributed by atoms with Crippen LogP contribution in [0.4, 0.5) is 0 Å². The van der Waals surface area contributed by atoms with E-state index in [1.807, 2.05) is 38.1 Å². The third-order valence-corrected chi connectivity index (χ3v) is 3.35. The average Bonchev–Trinajstić information content (AvgIpc) is 2.90. The first-order chi connectivity index (χ1) is 10.0. The Morgan fingerprint density at radius 3 is 2.57 bits per heavy atom. The molecule has 1 heterocycles. The van der Waals surface area contributed by atoms with E-state index in [1.54, 1.807) is 6.26 Å². The normalized spacial score (nSPS) is 14.1. The lowest BCUT2D eigenvalue weighted by atomic mass is 10.1. The van der Waals surface area contributed by atoms with Gasteiger partial charge in [0.25, 0.3) is 0 Å². The van der Waals surface area contributed by atoms with E-state index < -0.39 is 0 Å². The van der Waals surface area contributed by atoms with Gasteiger partial charge in [-0.1, -0.05) is 12.1 Å². The van der Waals surface area contributed by atoms with E-state index in [9.17, 15) is 0 Å². The zero-order valence-corrected chi connectivity index (χ0v) is 13.3. The van der Waals surface area contributed by atoms with Crippen molar-refractivity contribution in [2.45, 2.75) is 52.3 Å². The Bertz CT molecular complexity index is 534. The molecule has 0 spiro atoms. The van der Waals surface area contributed by atoms with Crippen LogP contribution >= 0.6 is 0 Å². The largest absolute Gasteiger partial charge is 0.491 e. The fourth-order valence-corrected chi connectivity index (χ4v) is 2.44. The summed E-state index contributed by atoms with van der Waals surface area (Å²) in [6.45, 7) is 8.43. The Labute approximate surface area is 127 Å². The highest BCUT2D eigenvalue weighted by atomic mass is 16.5. The van der Waals surface area contributed by atoms with Crippen LogP contribution in [0.25, 0.3) is 0 Å². The van der Waals surface area contributed by atoms with Gasteiger partial charge in [-0.25, -0.2) is 0 Å². The fraction of sp³-hybridized carbons (Fsp3) is 0.444. The van der Waals surface area contributed by atoms with Gasteiger partial charge in [-0.15, -0.1) is 0 Å². The Balaban J connectivity index is 1.94. The van der Waals surface area contributed by atoms with Crippen LogP contribution in [0.3, 0.4) is 0 Å². The lowest BCUT2D eigenvalue weighted by Crippen LogP contribution is -2.30. The minimum absolute atomic E-state index is 0.196. The highest BCUT2D eigenvalue weighted by Gasteiger charge is 2.12. The molecule has 0 aliphatic heterocycles. The first-order valence-electron chi connectivity index (χ1n) is 7.59. The summed E-state index contributed by atoms with van der Waals surface area (Å²) in [6, 6.07) is 12.8. The molecule has 1 aromatic heterocycles. The Morgan fingerprint density at radius 1 is 1.10 bits per heavy atom. The molecule has 2 atom stereocenters. The third kappa shape index (κ3) is 4.94. The first kappa shape index (κ1) is 15.6. The van der Waals surface area contributed by atoms with Crippen LogP contribution < -0.4 is 10.1 Å². The predicted molar refractivity (Wildman–Crippen MR) is 85.6 cm³/mol. The quantitative estimate of drug-likeness (QED) is 0.822. The number of hydrogen-bond donors (Lipinski definition) is 1. The van der Waals surface area contributed by atoms with Gasteiger partial charge in [0.1, 0.15) is 11.5 Å². The third-order valence-electron chi connectivity index (χ3n) is 3.35. The van der Waals surface area contributed by atoms with Gasteiger partial charge in [-0.2, -0.15) is 0 Å². The molecule has 0 aliphatic rings. The Kier molecular flexibility index (Phi) is 5.45. The molecule has 0 saturated carbocycles. The molecule has 0 radical (unpaired) electrons. The molecular formula is C18H25NO2. The molecule has 1 aromatic carbocycles. The van der Waals surface area contributed by atoms with Crippen LogP contribution in [-0.4, -0.2) is 12.1 Å². The highest BCUT2D eigenvalue weighted by Crippen LogP contribution is 2.21. The molecule has 1 N–H and O–H groups in total. The second kappa shape index (κ2) is 7.32. The molecule has 3 heteroatoms. The fourth-order valence-electron chi connectivity index (χ4n) is 2.44. The number of rotatable bonds is 7. The molecule has 2 unspecified atom stereocenters. The molecular weight excluding hydrogens is 262 g/mol. The number of nitrogens with one attached hydrogen (secondary N) is 1. The van der Waals surface area contributed by atoms with Gasteiger partial charge < -0.3 is 14.5 Å². The molecule has 0 saturated heterocycles. The van der Waals surface area contributed by atoms with E-state index in [1.165, 1.54) is 5.56 Å². The van der Waals surface area contributed by atoms with Crippen LogP contribution in [0.5, 0.6) is 5.75 Å². The summed E-state index contributed by atoms with van der Waals surface area (Å²) in [7, 11) is 0. The van der Waals surface area contributed by atoms with E-state index in [0.29, 0.717) is 6.04 Å². The average molecular weight is 287 g/mol. The van der Waals surface area contributed by atoms with Crippen molar-refractivity contribution in [3.8, 4) is 5.75 Å². The maximum Gasteiger partial charge on any atom is 0.120 e. The molecule has 0 amide bonds. The van der Waals surface area contributed by atoms with Gasteiger partial charge in [0, 0.05) is 18.5 Å². The summed E-state index contributed by atoms with van der Waals surface area (Å²) in [5.74, 6) is 1.94. The van der Waals surface area contributed by atoms with Crippen molar-refractivity contribution in [2.75, 3.05) is 0 Å². The van der Waals surface area contributed by atoms with E-state index in [0.717, 1.165) is 17.9 Å². The van der Waals surface area contributed by atoms with Gasteiger partial charge >= 0.3 is 0 Å². The Hall–Kier alpha value is -1.74. The van der Waals surface area contributed by atoms with Gasteiger partial charge in [-0.05, 0) is 57.5 Å². The van der Waals surface area contributed by atoms with Crippen LogP contribution in [0.2, 0.25) is 0 Å². The molecule has 21 heavy (non-hydrogen) atoms. The topological polar surface area (TPSA) is 34.4 Å². The van der Waals surface area contributed by atoms with E-state index in [-0.39, 0.29) is 12.1 Å². The van der Waals surface area contributed by atoms with Crippen molar-refractivity contribution < 1.29 is 9.15 Å². The van der Waals surface area contributed by atoms with Crippen molar-refractivity contribution in [3.05, 3.63) is 54.0 Å². The van der Waals surface area contributed by atoms with Crippen molar-refractivity contribution >= 4 is 0 Å². The second-order valence-corrected chi connectivity index (χ2v) is 5.81. The summed E-state index contributed by atoms with van der Waals surface area (Å²) >= 11 is 0. The first-order valence-corrected chi connectivity index (χ1v) is 7.59. The number of benzene rings is 1. The summed E-state index contributed by atoms with van der Waals surface area (Å²) in [5, 5.41) is 3.60. The number of furan rings is 1. The van der Waals surface area contributed by atoms with E-state index in [2.05, 4.69) is 31.3 Å². The molecule has 2 aromatic rings. The van der Waals surface area contributed by atoms with Crippen molar-refractivity contribution in [1.82, 2.24) is 5.32 Å². The smallest absolute Gasteiger partial charge is 0.120 e. The predicted octanol–water partition coefficient (Wildman–Crippen LogP) is 4.35. The molecule has 3 nitrogen and oxygen atoms in total. The minimum Gasteiger partial charge on any atom is -0.491 e. The van der Waals surface area contributed by atoms with Gasteiger partial charge in [0.2, 0.25) is 0 Å². The second-order valence-electron chi connectivity index (χ2n) is 5.81. The van der Waals surface area contributed by atoms with Gasteiger partial charge in [0.05, 0.1) is 12.4 Å². The zero-order valence-electron chi connectivity index (χ0n) is 13.3. The van der Waals surface area contributed by atoms with Crippen molar-refractivity contribution in [3.63, 3.8) is 0 Å². The van der Waals surface area contributed by atoms with Crippen molar-refractivity contribution in [1.29, 1.82) is 0 Å². The summed E-state index contributed by atoms with van der Waals surface area (Å²) in [4.78, 5) is 0. The maximum absolute atomic E-state index is 5.75. The summed E-state index contributed by atoms with van der Waals surface area (Å²) in [6.07, 6.45) is 2.80. The standard InChI is InChI=1S/C18H25NO2/c1-13(2)21-18-8-5-7-16(12-18)15(4)19-14(3)11-17-9-6-10-20-17/h5-10,12-15,19H,11H2,1-4H3. The number of hydrogen-bond acceptors (Lipinski definition) is 3. The minimum atomic E-state index is 0.196. The molecule has 2 rings (SSSR count). The molecule has 114 valence electrons. The van der Waals surface area contributed by atoms with Crippen molar-refractivity contribution in [2.24, 2.45) is 0 Å². The van der Waals surface area contributed by atoms with E-state index >= 15 is 0 Å². The van der Waals surface area contributed by atoms with Gasteiger partial charge in [-0.3, -0.25) is 0 Å². The SMILES string of the molecule is CC(Cc1ccco1)NC(C)c1cccc(OC(C)C)c1. The zero-order chi connectivity index (χ0) is 15.2. The lowest BCUT2D eigenvalue weighted by molar-refractivity contribution is 0.242. The highest BCUT2D eigenvalue weighted by molar-refractivity contribution is 5.30. The van der Waals surface area contributed by atoms with Crippen LogP contribution in [-0.2, 0) is 6.42 Å². The Morgan fingerprint density at radius 2 is 1.90 bits per heavy atom. The lowest BCUT2D eigenvalue weighted by Gasteiger charge is -2.20. The van der Waals surface area contributed by atoms with Crippen LogP contribution in [0.15, 0.2) is 47.1 Å². The van der Waals surface area contributed by atoms with Crippen LogP contribution in [0.1, 0.15) is 45.1 Å². The monoisotopic (exact) mass is 287 g/mol. The molecule has 0 bridgehead atoms. The maximum atomic E-state index is 5.75. The van der Waals surface area contributed by atoms with Crippen LogP contribution in [0, 0.1) is 0 Å². The van der Waals surface area contributed by atoms with E-state index in [4.69, 9.17) is 9.15 Å². The summed E-state index contributed by atoms with van der Waals surface area (Å²) < 4.78 is 11.1.